The van der Waals surface area contributed by atoms with E-state index >= 15 is 0 Å². The van der Waals surface area contributed by atoms with Crippen molar-refractivity contribution in [1.82, 2.24) is 9.71 Å². The molecule has 2 saturated carbocycles. The van der Waals surface area contributed by atoms with Gasteiger partial charge in [-0.1, -0.05) is 6.07 Å². The monoisotopic (exact) mass is 340 g/mol. The molecule has 2 aliphatic rings. The molecule has 2 unspecified atom stereocenters. The van der Waals surface area contributed by atoms with Gasteiger partial charge in [0, 0.05) is 11.7 Å². The average Bonchev–Trinajstić information content (AvgIpc) is 3.15. The molecular formula is C15H17FN2O4S. The molecule has 6 nitrogen and oxygen atoms in total. The van der Waals surface area contributed by atoms with E-state index < -0.39 is 33.6 Å². The van der Waals surface area contributed by atoms with Gasteiger partial charge in [-0.15, -0.1) is 0 Å². The van der Waals surface area contributed by atoms with Crippen molar-refractivity contribution in [1.29, 1.82) is 0 Å². The van der Waals surface area contributed by atoms with E-state index in [4.69, 9.17) is 0 Å². The molecule has 1 aromatic heterocycles. The molecule has 0 saturated heterocycles. The highest BCUT2D eigenvalue weighted by molar-refractivity contribution is 7.89. The van der Waals surface area contributed by atoms with Crippen LogP contribution in [0.15, 0.2) is 29.3 Å². The van der Waals surface area contributed by atoms with E-state index in [0.29, 0.717) is 24.8 Å². The smallest absolute Gasteiger partial charge is 0.243 e. The number of sulfonamides is 1. The highest BCUT2D eigenvalue weighted by atomic mass is 32.2. The number of aliphatic hydroxyl groups excluding tert-OH is 2. The first kappa shape index (κ1) is 15.1. The topological polar surface area (TPSA) is 102 Å². The third kappa shape index (κ3) is 2.06. The molecule has 1 aromatic carbocycles. The molecule has 4 N–H and O–H groups in total. The zero-order valence-corrected chi connectivity index (χ0v) is 13.0. The minimum atomic E-state index is -4.04. The van der Waals surface area contributed by atoms with Gasteiger partial charge in [0.05, 0.1) is 23.1 Å². The van der Waals surface area contributed by atoms with Gasteiger partial charge in [-0.3, -0.25) is 0 Å². The van der Waals surface area contributed by atoms with Crippen LogP contribution in [-0.4, -0.2) is 41.4 Å². The molecular weight excluding hydrogens is 323 g/mol. The summed E-state index contributed by atoms with van der Waals surface area (Å²) < 4.78 is 42.1. The van der Waals surface area contributed by atoms with Crippen molar-refractivity contribution < 1.29 is 23.0 Å². The fourth-order valence-corrected chi connectivity index (χ4v) is 5.70. The lowest BCUT2D eigenvalue weighted by Gasteiger charge is -2.34. The number of rotatable bonds is 3. The number of halogens is 1. The normalized spacial score (nSPS) is 33.6. The van der Waals surface area contributed by atoms with Crippen molar-refractivity contribution in [3.63, 3.8) is 0 Å². The highest BCUT2D eigenvalue weighted by Gasteiger charge is 2.58. The second kappa shape index (κ2) is 4.76. The zero-order chi connectivity index (χ0) is 16.4. The Kier molecular flexibility index (Phi) is 3.12. The average molecular weight is 340 g/mol. The number of hydrogen-bond acceptors (Lipinski definition) is 4. The van der Waals surface area contributed by atoms with Gasteiger partial charge in [0.2, 0.25) is 10.0 Å². The maximum atomic E-state index is 14.0. The SMILES string of the molecule is O=S(=O)(NC12CCC(C1)[C@H](O)[C@@H]2O)c1c[nH]c2cccc(F)c12. The van der Waals surface area contributed by atoms with Gasteiger partial charge in [-0.2, -0.15) is 0 Å². The Hall–Kier alpha value is -1.48. The first-order chi connectivity index (χ1) is 10.8. The minimum absolute atomic E-state index is 0.000942. The third-order valence-electron chi connectivity index (χ3n) is 5.21. The molecule has 1 heterocycles. The molecule has 0 radical (unpaired) electrons. The third-order valence-corrected chi connectivity index (χ3v) is 6.78. The molecule has 0 aliphatic heterocycles. The molecule has 4 atom stereocenters. The summed E-state index contributed by atoms with van der Waals surface area (Å²) in [5.74, 6) is -0.731. The fourth-order valence-electron chi connectivity index (χ4n) is 4.06. The summed E-state index contributed by atoms with van der Waals surface area (Å²) in [6.07, 6.45) is 0.677. The quantitative estimate of drug-likeness (QED) is 0.665. The molecule has 2 aliphatic carbocycles. The molecule has 8 heteroatoms. The molecule has 0 amide bonds. The summed E-state index contributed by atoms with van der Waals surface area (Å²) in [7, 11) is -4.04. The highest BCUT2D eigenvalue weighted by Crippen LogP contribution is 2.48. The maximum Gasteiger partial charge on any atom is 0.243 e. The molecule has 2 aromatic rings. The largest absolute Gasteiger partial charge is 0.390 e. The van der Waals surface area contributed by atoms with E-state index in [1.807, 2.05) is 0 Å². The summed E-state index contributed by atoms with van der Waals surface area (Å²) in [5.41, 5.74) is -0.684. The van der Waals surface area contributed by atoms with Gasteiger partial charge >= 0.3 is 0 Å². The van der Waals surface area contributed by atoms with E-state index in [1.165, 1.54) is 18.3 Å². The van der Waals surface area contributed by atoms with Crippen LogP contribution in [-0.2, 0) is 10.0 Å². The van der Waals surface area contributed by atoms with E-state index in [0.717, 1.165) is 0 Å². The predicted octanol–water partition coefficient (Wildman–Crippen LogP) is 0.860. The Balaban J connectivity index is 1.76. The van der Waals surface area contributed by atoms with Crippen LogP contribution in [0.5, 0.6) is 0 Å². The summed E-state index contributed by atoms with van der Waals surface area (Å²) in [6.45, 7) is 0. The van der Waals surface area contributed by atoms with Gasteiger partial charge in [-0.25, -0.2) is 17.5 Å². The van der Waals surface area contributed by atoms with E-state index in [-0.39, 0.29) is 16.2 Å². The molecule has 0 spiro atoms. The summed E-state index contributed by atoms with van der Waals surface area (Å²) in [6, 6.07) is 4.29. The lowest BCUT2D eigenvalue weighted by Crippen LogP contribution is -2.56. The van der Waals surface area contributed by atoms with Crippen molar-refractivity contribution in [2.75, 3.05) is 0 Å². The van der Waals surface area contributed by atoms with Crippen LogP contribution in [0.1, 0.15) is 19.3 Å². The molecule has 2 bridgehead atoms. The number of H-pyrrole nitrogens is 1. The van der Waals surface area contributed by atoms with Crippen molar-refractivity contribution in [2.45, 2.75) is 41.9 Å². The second-order valence-electron chi connectivity index (χ2n) is 6.52. The van der Waals surface area contributed by atoms with Crippen molar-refractivity contribution in [2.24, 2.45) is 5.92 Å². The van der Waals surface area contributed by atoms with Crippen LogP contribution in [0.25, 0.3) is 10.9 Å². The van der Waals surface area contributed by atoms with E-state index in [2.05, 4.69) is 9.71 Å². The van der Waals surface area contributed by atoms with Gasteiger partial charge in [0.1, 0.15) is 10.7 Å². The Morgan fingerprint density at radius 2 is 2.13 bits per heavy atom. The number of nitrogens with one attached hydrogen (secondary N) is 2. The fraction of sp³-hybridized carbons (Fsp3) is 0.467. The molecule has 23 heavy (non-hydrogen) atoms. The first-order valence-electron chi connectivity index (χ1n) is 7.50. The van der Waals surface area contributed by atoms with Crippen molar-refractivity contribution in [3.05, 3.63) is 30.2 Å². The number of fused-ring (bicyclic) bond motifs is 3. The van der Waals surface area contributed by atoms with Crippen LogP contribution in [0, 0.1) is 11.7 Å². The zero-order valence-electron chi connectivity index (χ0n) is 12.2. The van der Waals surface area contributed by atoms with Crippen LogP contribution < -0.4 is 4.72 Å². The number of aliphatic hydroxyl groups is 2. The predicted molar refractivity (Wildman–Crippen MR) is 80.7 cm³/mol. The van der Waals surface area contributed by atoms with Crippen LogP contribution in [0.2, 0.25) is 0 Å². The van der Waals surface area contributed by atoms with E-state index in [1.54, 1.807) is 6.07 Å². The van der Waals surface area contributed by atoms with Crippen LogP contribution in [0.3, 0.4) is 0 Å². The Morgan fingerprint density at radius 1 is 1.35 bits per heavy atom. The summed E-state index contributed by atoms with van der Waals surface area (Å²) in [5, 5.41) is 20.2. The second-order valence-corrected chi connectivity index (χ2v) is 8.17. The van der Waals surface area contributed by atoms with Gasteiger partial charge in [-0.05, 0) is 37.3 Å². The number of benzene rings is 1. The lowest BCUT2D eigenvalue weighted by atomic mass is 9.90. The molecule has 124 valence electrons. The standard InChI is InChI=1S/C15H17FN2O4S/c16-9-2-1-3-10-12(9)11(7-17-10)23(21,22)18-15-5-4-8(6-15)13(19)14(15)20/h1-3,7-8,13-14,17-20H,4-6H2/t8?,13-,14-,15?/m0/s1. The van der Waals surface area contributed by atoms with Gasteiger partial charge in [0.25, 0.3) is 0 Å². The number of aromatic amines is 1. The number of aromatic nitrogens is 1. The van der Waals surface area contributed by atoms with Crippen LogP contribution >= 0.6 is 0 Å². The van der Waals surface area contributed by atoms with Crippen LogP contribution in [0.4, 0.5) is 4.39 Å². The van der Waals surface area contributed by atoms with Gasteiger partial charge < -0.3 is 15.2 Å². The number of hydrogen-bond donors (Lipinski definition) is 4. The van der Waals surface area contributed by atoms with E-state index in [9.17, 15) is 23.0 Å². The Bertz CT molecular complexity index is 881. The van der Waals surface area contributed by atoms with Crippen molar-refractivity contribution in [3.8, 4) is 0 Å². The Labute approximate surface area is 132 Å². The van der Waals surface area contributed by atoms with Gasteiger partial charge in [0.15, 0.2) is 0 Å². The van der Waals surface area contributed by atoms with Crippen molar-refractivity contribution >= 4 is 20.9 Å². The molecule has 2 fully saturated rings. The summed E-state index contributed by atoms with van der Waals surface area (Å²) in [4.78, 5) is 2.57. The lowest BCUT2D eigenvalue weighted by molar-refractivity contribution is -0.0283. The Morgan fingerprint density at radius 3 is 2.83 bits per heavy atom. The molecule has 4 rings (SSSR count). The summed E-state index contributed by atoms with van der Waals surface area (Å²) >= 11 is 0. The maximum absolute atomic E-state index is 14.0. The minimum Gasteiger partial charge on any atom is -0.390 e. The first-order valence-corrected chi connectivity index (χ1v) is 8.98.